The number of furan rings is 1. The molecule has 0 aliphatic carbocycles. The second-order valence-electron chi connectivity index (χ2n) is 4.91. The van der Waals surface area contributed by atoms with Crippen molar-refractivity contribution in [3.8, 4) is 11.7 Å². The molecule has 1 N–H and O–H groups in total. The van der Waals surface area contributed by atoms with E-state index in [1.165, 1.54) is 10.6 Å². The third kappa shape index (κ3) is 2.88. The predicted octanol–water partition coefficient (Wildman–Crippen LogP) is 0.692. The lowest BCUT2D eigenvalue weighted by Crippen LogP contribution is -2.42. The molecule has 3 rings (SSSR count). The van der Waals surface area contributed by atoms with Gasteiger partial charge in [0, 0.05) is 6.54 Å². The van der Waals surface area contributed by atoms with Gasteiger partial charge in [0.1, 0.15) is 6.04 Å². The summed E-state index contributed by atoms with van der Waals surface area (Å²) in [6.45, 7) is 0.332. The van der Waals surface area contributed by atoms with Crippen molar-refractivity contribution in [1.29, 1.82) is 0 Å². The Morgan fingerprint density at radius 3 is 2.95 bits per heavy atom. The van der Waals surface area contributed by atoms with Crippen LogP contribution in [0.5, 0.6) is 0 Å². The third-order valence-corrected chi connectivity index (χ3v) is 4.61. The summed E-state index contributed by atoms with van der Waals surface area (Å²) in [5.41, 5.74) is 0. The van der Waals surface area contributed by atoms with Crippen LogP contribution in [-0.4, -0.2) is 47.7 Å². The second-order valence-corrected chi connectivity index (χ2v) is 6.85. The number of rotatable bonds is 4. The Morgan fingerprint density at radius 1 is 1.45 bits per heavy atom. The molecule has 0 radical (unpaired) electrons. The Balaban J connectivity index is 1.72. The van der Waals surface area contributed by atoms with Crippen molar-refractivity contribution in [1.82, 2.24) is 14.5 Å². The Kier molecular flexibility index (Phi) is 3.71. The first-order chi connectivity index (χ1) is 10.4. The van der Waals surface area contributed by atoms with Crippen LogP contribution < -0.4 is 5.32 Å². The van der Waals surface area contributed by atoms with Crippen LogP contribution in [0.2, 0.25) is 0 Å². The number of carbonyl (C=O) groups excluding carboxylic acids is 1. The highest BCUT2D eigenvalue weighted by Gasteiger charge is 2.37. The fourth-order valence-electron chi connectivity index (χ4n) is 2.36. The zero-order valence-corrected chi connectivity index (χ0v) is 12.5. The normalized spacial score (nSPS) is 19.4. The molecule has 0 bridgehead atoms. The SMILES string of the molecule is CS(=O)(=O)N1CCC[C@@H]1C(=O)Nc1nnc(-c2ccco2)o1. The van der Waals surface area contributed by atoms with Crippen LogP contribution in [0.15, 0.2) is 27.2 Å². The number of amides is 1. The van der Waals surface area contributed by atoms with Gasteiger partial charge in [-0.3, -0.25) is 10.1 Å². The van der Waals surface area contributed by atoms with Gasteiger partial charge in [-0.2, -0.15) is 4.31 Å². The van der Waals surface area contributed by atoms with E-state index in [2.05, 4.69) is 15.5 Å². The monoisotopic (exact) mass is 326 g/mol. The Labute approximate surface area is 126 Å². The lowest BCUT2D eigenvalue weighted by molar-refractivity contribution is -0.119. The van der Waals surface area contributed by atoms with Crippen LogP contribution in [0.4, 0.5) is 6.01 Å². The van der Waals surface area contributed by atoms with Gasteiger partial charge >= 0.3 is 6.01 Å². The molecule has 22 heavy (non-hydrogen) atoms. The maximum Gasteiger partial charge on any atom is 0.322 e. The van der Waals surface area contributed by atoms with Crippen LogP contribution in [0.1, 0.15) is 12.8 Å². The first-order valence-electron chi connectivity index (χ1n) is 6.60. The number of hydrogen-bond acceptors (Lipinski definition) is 7. The van der Waals surface area contributed by atoms with Crippen LogP contribution in [-0.2, 0) is 14.8 Å². The number of sulfonamides is 1. The van der Waals surface area contributed by atoms with Crippen molar-refractivity contribution in [2.75, 3.05) is 18.1 Å². The van der Waals surface area contributed by atoms with E-state index in [9.17, 15) is 13.2 Å². The van der Waals surface area contributed by atoms with Crippen molar-refractivity contribution in [3.63, 3.8) is 0 Å². The highest BCUT2D eigenvalue weighted by atomic mass is 32.2. The van der Waals surface area contributed by atoms with Crippen molar-refractivity contribution in [3.05, 3.63) is 18.4 Å². The quantitative estimate of drug-likeness (QED) is 0.878. The molecule has 0 saturated carbocycles. The largest absolute Gasteiger partial charge is 0.459 e. The van der Waals surface area contributed by atoms with E-state index in [-0.39, 0.29) is 11.9 Å². The van der Waals surface area contributed by atoms with E-state index >= 15 is 0 Å². The lowest BCUT2D eigenvalue weighted by atomic mass is 10.2. The molecule has 1 aliphatic heterocycles. The van der Waals surface area contributed by atoms with E-state index in [0.717, 1.165) is 6.26 Å². The van der Waals surface area contributed by atoms with Gasteiger partial charge in [-0.1, -0.05) is 5.10 Å². The van der Waals surface area contributed by atoms with E-state index < -0.39 is 22.0 Å². The molecule has 0 aromatic carbocycles. The van der Waals surface area contributed by atoms with Crippen LogP contribution in [0.3, 0.4) is 0 Å². The predicted molar refractivity (Wildman–Crippen MR) is 75.2 cm³/mol. The van der Waals surface area contributed by atoms with Gasteiger partial charge in [-0.05, 0) is 25.0 Å². The second kappa shape index (κ2) is 5.54. The summed E-state index contributed by atoms with van der Waals surface area (Å²) in [5.74, 6) is 0.0240. The Hall–Kier alpha value is -2.20. The van der Waals surface area contributed by atoms with Crippen molar-refractivity contribution >= 4 is 21.9 Å². The molecule has 3 heterocycles. The summed E-state index contributed by atoms with van der Waals surface area (Å²) in [6, 6.07) is 2.45. The van der Waals surface area contributed by atoms with Gasteiger partial charge in [0.25, 0.3) is 5.89 Å². The Morgan fingerprint density at radius 2 is 2.27 bits per heavy atom. The number of anilines is 1. The van der Waals surface area contributed by atoms with Crippen molar-refractivity contribution in [2.24, 2.45) is 0 Å². The first kappa shape index (κ1) is 14.7. The minimum Gasteiger partial charge on any atom is -0.459 e. The van der Waals surface area contributed by atoms with Gasteiger partial charge in [-0.25, -0.2) is 8.42 Å². The minimum atomic E-state index is -3.43. The number of nitrogens with one attached hydrogen (secondary N) is 1. The van der Waals surface area contributed by atoms with Gasteiger partial charge in [0.2, 0.25) is 15.9 Å². The minimum absolute atomic E-state index is 0.100. The van der Waals surface area contributed by atoms with Crippen LogP contribution in [0, 0.1) is 0 Å². The zero-order valence-electron chi connectivity index (χ0n) is 11.7. The topological polar surface area (TPSA) is 119 Å². The summed E-state index contributed by atoms with van der Waals surface area (Å²) in [4.78, 5) is 12.2. The van der Waals surface area contributed by atoms with E-state index in [4.69, 9.17) is 8.83 Å². The maximum absolute atomic E-state index is 12.2. The lowest BCUT2D eigenvalue weighted by Gasteiger charge is -2.20. The van der Waals surface area contributed by atoms with E-state index in [1.54, 1.807) is 12.1 Å². The Bertz CT molecular complexity index is 767. The molecule has 1 fully saturated rings. The smallest absolute Gasteiger partial charge is 0.322 e. The third-order valence-electron chi connectivity index (χ3n) is 3.32. The molecule has 1 amide bonds. The molecular weight excluding hydrogens is 312 g/mol. The number of hydrogen-bond donors (Lipinski definition) is 1. The molecule has 1 saturated heterocycles. The molecule has 2 aromatic heterocycles. The van der Waals surface area contributed by atoms with Crippen molar-refractivity contribution in [2.45, 2.75) is 18.9 Å². The molecule has 0 spiro atoms. The summed E-state index contributed by atoms with van der Waals surface area (Å²) < 4.78 is 34.8. The molecule has 9 nitrogen and oxygen atoms in total. The highest BCUT2D eigenvalue weighted by Crippen LogP contribution is 2.23. The van der Waals surface area contributed by atoms with Crippen LogP contribution >= 0.6 is 0 Å². The van der Waals surface area contributed by atoms with E-state index in [1.807, 2.05) is 0 Å². The van der Waals surface area contributed by atoms with Crippen LogP contribution in [0.25, 0.3) is 11.7 Å². The average Bonchev–Trinajstić information content (AvgIpc) is 3.19. The maximum atomic E-state index is 12.2. The van der Waals surface area contributed by atoms with Gasteiger partial charge < -0.3 is 8.83 Å². The molecule has 118 valence electrons. The van der Waals surface area contributed by atoms with Gasteiger partial charge in [0.15, 0.2) is 5.76 Å². The average molecular weight is 326 g/mol. The van der Waals surface area contributed by atoms with Gasteiger partial charge in [0.05, 0.1) is 12.5 Å². The summed E-state index contributed by atoms with van der Waals surface area (Å²) in [7, 11) is -3.43. The number of aromatic nitrogens is 2. The van der Waals surface area contributed by atoms with Gasteiger partial charge in [-0.15, -0.1) is 5.10 Å². The fourth-order valence-corrected chi connectivity index (χ4v) is 3.49. The molecule has 0 unspecified atom stereocenters. The summed E-state index contributed by atoms with van der Waals surface area (Å²) in [6.07, 6.45) is 3.63. The standard InChI is InChI=1S/C12H14N4O5S/c1-22(18,19)16-6-2-4-8(16)10(17)13-12-15-14-11(21-12)9-5-3-7-20-9/h3,5,7-8H,2,4,6H2,1H3,(H,13,15,17)/t8-/m1/s1. The van der Waals surface area contributed by atoms with E-state index in [0.29, 0.717) is 25.1 Å². The molecular formula is C12H14N4O5S. The summed E-state index contributed by atoms with van der Waals surface area (Å²) in [5, 5.41) is 9.88. The molecule has 1 atom stereocenters. The summed E-state index contributed by atoms with van der Waals surface area (Å²) >= 11 is 0. The molecule has 2 aromatic rings. The first-order valence-corrected chi connectivity index (χ1v) is 8.45. The highest BCUT2D eigenvalue weighted by molar-refractivity contribution is 7.88. The van der Waals surface area contributed by atoms with Crippen molar-refractivity contribution < 1.29 is 22.0 Å². The molecule has 10 heteroatoms. The fraction of sp³-hybridized carbons (Fsp3) is 0.417. The molecule has 1 aliphatic rings. The zero-order chi connectivity index (χ0) is 15.7. The number of nitrogens with zero attached hydrogens (tertiary/aromatic N) is 3. The number of carbonyl (C=O) groups is 1.